The summed E-state index contributed by atoms with van der Waals surface area (Å²) in [6.45, 7) is 0. The highest BCUT2D eigenvalue weighted by Crippen LogP contribution is 2.29. The Balaban J connectivity index is 1.31. The van der Waals surface area contributed by atoms with Crippen LogP contribution >= 0.6 is 39.0 Å². The average molecular weight is 573 g/mol. The van der Waals surface area contributed by atoms with Gasteiger partial charge >= 0.3 is 5.97 Å². The fraction of sp³-hybridized carbons (Fsp3) is 0.200. The second-order valence-electron chi connectivity index (χ2n) is 7.89. The molecule has 0 saturated heterocycles. The molecule has 0 bridgehead atoms. The van der Waals surface area contributed by atoms with E-state index in [-0.39, 0.29) is 17.6 Å². The van der Waals surface area contributed by atoms with Crippen molar-refractivity contribution in [1.82, 2.24) is 4.98 Å². The summed E-state index contributed by atoms with van der Waals surface area (Å²) >= 11 is 6.12. The fourth-order valence-electron chi connectivity index (χ4n) is 3.66. The van der Waals surface area contributed by atoms with E-state index in [4.69, 9.17) is 0 Å². The van der Waals surface area contributed by atoms with Crippen LogP contribution in [0.3, 0.4) is 0 Å². The van der Waals surface area contributed by atoms with Crippen LogP contribution < -0.4 is 10.6 Å². The van der Waals surface area contributed by atoms with E-state index in [0.717, 1.165) is 20.6 Å². The van der Waals surface area contributed by atoms with Crippen molar-refractivity contribution >= 4 is 67.6 Å². The van der Waals surface area contributed by atoms with Gasteiger partial charge in [0, 0.05) is 26.0 Å². The molecule has 7 nitrogen and oxygen atoms in total. The van der Waals surface area contributed by atoms with E-state index in [1.54, 1.807) is 24.3 Å². The average Bonchev–Trinajstić information content (AvgIpc) is 3.31. The third kappa shape index (κ3) is 6.81. The van der Waals surface area contributed by atoms with E-state index >= 15 is 0 Å². The van der Waals surface area contributed by atoms with Gasteiger partial charge in [-0.1, -0.05) is 46.3 Å². The minimum atomic E-state index is -0.964. The number of carboxylic acid groups (broad SMARTS) is 1. The number of nitrogens with one attached hydrogen (secondary N) is 2. The topological polar surface area (TPSA) is 108 Å². The van der Waals surface area contributed by atoms with Crippen molar-refractivity contribution in [3.05, 3.63) is 70.5 Å². The van der Waals surface area contributed by atoms with Crippen LogP contribution in [-0.4, -0.2) is 33.6 Å². The number of carboxylic acids is 1. The van der Waals surface area contributed by atoms with E-state index in [1.165, 1.54) is 23.1 Å². The maximum atomic E-state index is 12.7. The van der Waals surface area contributed by atoms with Gasteiger partial charge < -0.3 is 15.7 Å². The van der Waals surface area contributed by atoms with Gasteiger partial charge in [0.2, 0.25) is 11.8 Å². The maximum Gasteiger partial charge on any atom is 0.307 e. The van der Waals surface area contributed by atoms with Gasteiger partial charge in [-0.15, -0.1) is 23.1 Å². The molecular formula is C25H22BrN3O4S2. The van der Waals surface area contributed by atoms with Gasteiger partial charge in [0.05, 0.1) is 23.3 Å². The second kappa shape index (κ2) is 11.7. The number of hydrogen-bond acceptors (Lipinski definition) is 6. The van der Waals surface area contributed by atoms with E-state index in [1.807, 2.05) is 41.8 Å². The molecule has 1 aliphatic rings. The van der Waals surface area contributed by atoms with Crippen molar-refractivity contribution in [2.45, 2.75) is 17.7 Å². The van der Waals surface area contributed by atoms with Gasteiger partial charge in [-0.25, -0.2) is 4.98 Å². The Labute approximate surface area is 219 Å². The van der Waals surface area contributed by atoms with Gasteiger partial charge in [-0.05, 0) is 43.2 Å². The SMILES string of the molecule is O=C(CSc1cccc(NC(=O)C2CC=CCC2C(=O)O)c1)Nc1nc(-c2ccc(Br)cc2)cs1. The molecule has 2 atom stereocenters. The minimum absolute atomic E-state index is 0.180. The zero-order valence-electron chi connectivity index (χ0n) is 18.4. The number of halogens is 1. The van der Waals surface area contributed by atoms with Crippen LogP contribution in [0.25, 0.3) is 11.3 Å². The summed E-state index contributed by atoms with van der Waals surface area (Å²) in [6, 6.07) is 15.0. The van der Waals surface area contributed by atoms with Gasteiger partial charge in [-0.2, -0.15) is 0 Å². The zero-order chi connectivity index (χ0) is 24.8. The lowest BCUT2D eigenvalue weighted by Gasteiger charge is -2.24. The number of carbonyl (C=O) groups is 3. The summed E-state index contributed by atoms with van der Waals surface area (Å²) < 4.78 is 0.987. The molecule has 1 heterocycles. The number of benzene rings is 2. The molecule has 1 aliphatic carbocycles. The first-order valence-corrected chi connectivity index (χ1v) is 13.5. The number of aliphatic carboxylic acids is 1. The van der Waals surface area contributed by atoms with E-state index < -0.39 is 17.8 Å². The summed E-state index contributed by atoms with van der Waals surface area (Å²) in [4.78, 5) is 41.9. The molecule has 1 aromatic heterocycles. The van der Waals surface area contributed by atoms with E-state index in [0.29, 0.717) is 23.7 Å². The predicted molar refractivity (Wildman–Crippen MR) is 143 cm³/mol. The number of allylic oxidation sites excluding steroid dienone is 2. The number of nitrogens with zero attached hydrogens (tertiary/aromatic N) is 1. The van der Waals surface area contributed by atoms with E-state index in [9.17, 15) is 19.5 Å². The molecule has 35 heavy (non-hydrogen) atoms. The number of amides is 2. The Morgan fingerprint density at radius 1 is 1.06 bits per heavy atom. The number of aromatic nitrogens is 1. The third-order valence-corrected chi connectivity index (χ3v) is 7.73. The summed E-state index contributed by atoms with van der Waals surface area (Å²) in [5.74, 6) is -2.61. The molecule has 0 radical (unpaired) electrons. The lowest BCUT2D eigenvalue weighted by atomic mass is 9.82. The van der Waals surface area contributed by atoms with Crippen LogP contribution in [-0.2, 0) is 14.4 Å². The molecule has 0 saturated carbocycles. The number of thioether (sulfide) groups is 1. The van der Waals surface area contributed by atoms with Crippen LogP contribution in [0.15, 0.2) is 75.4 Å². The van der Waals surface area contributed by atoms with Gasteiger partial charge in [0.15, 0.2) is 5.13 Å². The first-order valence-electron chi connectivity index (χ1n) is 10.8. The monoisotopic (exact) mass is 571 g/mol. The molecule has 2 amide bonds. The molecule has 3 N–H and O–H groups in total. The Hall–Kier alpha value is -2.95. The van der Waals surface area contributed by atoms with Crippen LogP contribution in [0.1, 0.15) is 12.8 Å². The molecular weight excluding hydrogens is 550 g/mol. The number of thiazole rings is 1. The number of carbonyl (C=O) groups excluding carboxylic acids is 2. The lowest BCUT2D eigenvalue weighted by Crippen LogP contribution is -2.34. The lowest BCUT2D eigenvalue weighted by molar-refractivity contribution is -0.146. The van der Waals surface area contributed by atoms with Gasteiger partial charge in [0.1, 0.15) is 0 Å². The Morgan fingerprint density at radius 3 is 2.54 bits per heavy atom. The van der Waals surface area contributed by atoms with Gasteiger partial charge in [0.25, 0.3) is 0 Å². The molecule has 0 aliphatic heterocycles. The van der Waals surface area contributed by atoms with E-state index in [2.05, 4.69) is 31.5 Å². The molecule has 0 fully saturated rings. The molecule has 2 unspecified atom stereocenters. The van der Waals surface area contributed by atoms with Crippen molar-refractivity contribution in [2.24, 2.45) is 11.8 Å². The Morgan fingerprint density at radius 2 is 1.80 bits per heavy atom. The molecule has 3 aromatic rings. The van der Waals surface area contributed by atoms with Gasteiger partial charge in [-0.3, -0.25) is 14.4 Å². The zero-order valence-corrected chi connectivity index (χ0v) is 21.7. The molecule has 0 spiro atoms. The highest BCUT2D eigenvalue weighted by Gasteiger charge is 2.33. The molecule has 180 valence electrons. The molecule has 2 aromatic carbocycles. The largest absolute Gasteiger partial charge is 0.481 e. The van der Waals surface area contributed by atoms with Crippen molar-refractivity contribution in [3.63, 3.8) is 0 Å². The Bertz CT molecular complexity index is 1260. The number of rotatable bonds is 8. The summed E-state index contributed by atoms with van der Waals surface area (Å²) in [7, 11) is 0. The van der Waals surface area contributed by atoms with Crippen LogP contribution in [0.2, 0.25) is 0 Å². The Kier molecular flexibility index (Phi) is 8.37. The second-order valence-corrected chi connectivity index (χ2v) is 10.7. The predicted octanol–water partition coefficient (Wildman–Crippen LogP) is 5.91. The normalized spacial score (nSPS) is 17.1. The highest BCUT2D eigenvalue weighted by molar-refractivity contribution is 9.10. The fourth-order valence-corrected chi connectivity index (χ4v) is 5.42. The van der Waals surface area contributed by atoms with Crippen LogP contribution in [0, 0.1) is 11.8 Å². The smallest absolute Gasteiger partial charge is 0.307 e. The minimum Gasteiger partial charge on any atom is -0.481 e. The molecule has 10 heteroatoms. The quantitative estimate of drug-likeness (QED) is 0.229. The van der Waals surface area contributed by atoms with Crippen molar-refractivity contribution in [2.75, 3.05) is 16.4 Å². The van der Waals surface area contributed by atoms with Crippen LogP contribution in [0.5, 0.6) is 0 Å². The maximum absolute atomic E-state index is 12.7. The van der Waals surface area contributed by atoms with Crippen molar-refractivity contribution < 1.29 is 19.5 Å². The van der Waals surface area contributed by atoms with Crippen molar-refractivity contribution in [3.8, 4) is 11.3 Å². The number of anilines is 2. The van der Waals surface area contributed by atoms with Crippen molar-refractivity contribution in [1.29, 1.82) is 0 Å². The summed E-state index contributed by atoms with van der Waals surface area (Å²) in [6.07, 6.45) is 4.40. The third-order valence-electron chi connectivity index (χ3n) is 5.45. The standard InChI is InChI=1S/C25H22BrN3O4S2/c26-16-10-8-15(9-11-16)21-13-35-25(28-21)29-22(30)14-34-18-5-3-4-17(12-18)27-23(31)19-6-1-2-7-20(19)24(32)33/h1-5,8-13,19-20H,6-7,14H2,(H,27,31)(H,32,33)(H,28,29,30). The number of hydrogen-bond donors (Lipinski definition) is 3. The highest BCUT2D eigenvalue weighted by atomic mass is 79.9. The first-order chi connectivity index (χ1) is 16.9. The molecule has 4 rings (SSSR count). The van der Waals surface area contributed by atoms with Crippen LogP contribution in [0.4, 0.5) is 10.8 Å². The summed E-state index contributed by atoms with van der Waals surface area (Å²) in [5.41, 5.74) is 2.34. The first kappa shape index (κ1) is 25.2. The summed E-state index contributed by atoms with van der Waals surface area (Å²) in [5, 5.41) is 17.5.